The second kappa shape index (κ2) is 6.00. The number of nitrogens with zero attached hydrogens (tertiary/aromatic N) is 3. The van der Waals surface area contributed by atoms with Crippen molar-refractivity contribution in [3.63, 3.8) is 0 Å². The first kappa shape index (κ1) is 15.8. The van der Waals surface area contributed by atoms with Crippen LogP contribution in [-0.2, 0) is 11.8 Å². The van der Waals surface area contributed by atoms with Gasteiger partial charge in [-0.1, -0.05) is 6.58 Å². The van der Waals surface area contributed by atoms with Gasteiger partial charge in [-0.15, -0.1) is 0 Å². The molecule has 0 radical (unpaired) electrons. The number of aryl methyl sites for hydroxylation is 1. The predicted molar refractivity (Wildman–Crippen MR) is 93.6 cm³/mol. The van der Waals surface area contributed by atoms with E-state index in [0.29, 0.717) is 23.4 Å². The van der Waals surface area contributed by atoms with Crippen molar-refractivity contribution in [2.24, 2.45) is 7.05 Å². The summed E-state index contributed by atoms with van der Waals surface area (Å²) in [6.07, 6.45) is 5.87. The lowest BCUT2D eigenvalue weighted by Gasteiger charge is -2.23. The van der Waals surface area contributed by atoms with Crippen LogP contribution in [0.15, 0.2) is 29.7 Å². The van der Waals surface area contributed by atoms with Gasteiger partial charge in [-0.2, -0.15) is 5.10 Å². The zero-order valence-electron chi connectivity index (χ0n) is 14.0. The normalized spacial score (nSPS) is 17.9. The minimum absolute atomic E-state index is 0.199. The molecule has 130 valence electrons. The van der Waals surface area contributed by atoms with Crippen molar-refractivity contribution in [2.75, 3.05) is 6.61 Å². The number of aromatic amines is 1. The fourth-order valence-corrected chi connectivity index (χ4v) is 3.33. The molecule has 0 bridgehead atoms. The topological polar surface area (TPSA) is 64.8 Å². The Labute approximate surface area is 143 Å². The summed E-state index contributed by atoms with van der Waals surface area (Å²) in [5.41, 5.74) is 1.56. The first-order valence-corrected chi connectivity index (χ1v) is 8.30. The number of hydrogen-bond acceptors (Lipinski definition) is 3. The highest BCUT2D eigenvalue weighted by atomic mass is 19.1. The summed E-state index contributed by atoms with van der Waals surface area (Å²) in [6, 6.07) is 3.09. The Hall–Kier alpha value is -2.67. The van der Waals surface area contributed by atoms with Crippen molar-refractivity contribution >= 4 is 17.0 Å². The molecular formula is C18H19FN4O2. The molecule has 3 heterocycles. The molecule has 1 aliphatic rings. The molecule has 0 saturated carbocycles. The Bertz CT molecular complexity index is 1010. The largest absolute Gasteiger partial charge is 0.356 e. The average Bonchev–Trinajstić information content (AvgIpc) is 3.15. The third-order valence-electron chi connectivity index (χ3n) is 4.67. The first-order valence-electron chi connectivity index (χ1n) is 8.30. The summed E-state index contributed by atoms with van der Waals surface area (Å²) in [6.45, 7) is 4.48. The Morgan fingerprint density at radius 1 is 1.40 bits per heavy atom. The lowest BCUT2D eigenvalue weighted by Crippen LogP contribution is -2.19. The molecule has 2 aromatic heterocycles. The molecule has 3 aromatic rings. The van der Waals surface area contributed by atoms with E-state index in [-0.39, 0.29) is 17.4 Å². The van der Waals surface area contributed by atoms with Gasteiger partial charge in [0.25, 0.3) is 5.56 Å². The van der Waals surface area contributed by atoms with E-state index in [9.17, 15) is 9.18 Å². The van der Waals surface area contributed by atoms with Gasteiger partial charge < -0.3 is 9.84 Å². The number of fused-ring (bicyclic) bond motifs is 1. The monoisotopic (exact) mass is 342 g/mol. The third-order valence-corrected chi connectivity index (χ3v) is 4.67. The van der Waals surface area contributed by atoms with Gasteiger partial charge in [0.2, 0.25) is 0 Å². The van der Waals surface area contributed by atoms with Crippen molar-refractivity contribution in [1.82, 2.24) is 19.6 Å². The predicted octanol–water partition coefficient (Wildman–Crippen LogP) is 3.21. The van der Waals surface area contributed by atoms with Gasteiger partial charge in [-0.3, -0.25) is 9.48 Å². The van der Waals surface area contributed by atoms with Crippen LogP contribution in [-0.4, -0.2) is 26.2 Å². The van der Waals surface area contributed by atoms with Gasteiger partial charge >= 0.3 is 0 Å². The van der Waals surface area contributed by atoms with E-state index in [0.717, 1.165) is 24.6 Å². The number of rotatable bonds is 3. The standard InChI is InChI=1S/C18H19FN4O2/c1-3-15-12-8-11(13-10-20-22(2)18(13)24)14(19)9-16(12)23(21-15)17-6-4-5-7-25-17/h3,8-10,17,20H,1,4-7H2,2H3. The molecule has 1 saturated heterocycles. The van der Waals surface area contributed by atoms with Crippen LogP contribution in [0.2, 0.25) is 0 Å². The maximum Gasteiger partial charge on any atom is 0.274 e. The summed E-state index contributed by atoms with van der Waals surface area (Å²) < 4.78 is 23.6. The maximum absolute atomic E-state index is 14.8. The number of benzene rings is 1. The van der Waals surface area contributed by atoms with Gasteiger partial charge in [0, 0.05) is 36.9 Å². The minimum Gasteiger partial charge on any atom is -0.356 e. The Morgan fingerprint density at radius 2 is 2.24 bits per heavy atom. The van der Waals surface area contributed by atoms with Gasteiger partial charge in [-0.05, 0) is 31.4 Å². The van der Waals surface area contributed by atoms with E-state index in [1.54, 1.807) is 23.9 Å². The van der Waals surface area contributed by atoms with Crippen molar-refractivity contribution in [2.45, 2.75) is 25.5 Å². The van der Waals surface area contributed by atoms with Gasteiger partial charge in [-0.25, -0.2) is 9.07 Å². The second-order valence-electron chi connectivity index (χ2n) is 6.26. The quantitative estimate of drug-likeness (QED) is 0.795. The van der Waals surface area contributed by atoms with E-state index < -0.39 is 5.82 Å². The molecular weight excluding hydrogens is 323 g/mol. The number of aromatic nitrogens is 4. The highest BCUT2D eigenvalue weighted by Gasteiger charge is 2.22. The smallest absolute Gasteiger partial charge is 0.274 e. The highest BCUT2D eigenvalue weighted by molar-refractivity contribution is 5.91. The summed E-state index contributed by atoms with van der Waals surface area (Å²) in [4.78, 5) is 12.2. The fraction of sp³-hybridized carbons (Fsp3) is 0.333. The molecule has 1 aromatic carbocycles. The lowest BCUT2D eigenvalue weighted by atomic mass is 10.0. The van der Waals surface area contributed by atoms with Crippen LogP contribution in [0, 0.1) is 5.82 Å². The van der Waals surface area contributed by atoms with Crippen LogP contribution in [0.4, 0.5) is 4.39 Å². The minimum atomic E-state index is -0.461. The van der Waals surface area contributed by atoms with Crippen molar-refractivity contribution in [3.05, 3.63) is 46.8 Å². The number of hydrogen-bond donors (Lipinski definition) is 1. The lowest BCUT2D eigenvalue weighted by molar-refractivity contribution is -0.0367. The van der Waals surface area contributed by atoms with E-state index in [4.69, 9.17) is 4.74 Å². The summed E-state index contributed by atoms with van der Waals surface area (Å²) in [7, 11) is 1.59. The van der Waals surface area contributed by atoms with Crippen molar-refractivity contribution in [1.29, 1.82) is 0 Å². The number of halogens is 1. The Balaban J connectivity index is 1.92. The van der Waals surface area contributed by atoms with Crippen LogP contribution in [0.25, 0.3) is 28.1 Å². The molecule has 6 nitrogen and oxygen atoms in total. The molecule has 4 rings (SSSR count). The van der Waals surface area contributed by atoms with E-state index in [1.165, 1.54) is 16.9 Å². The summed E-state index contributed by atoms with van der Waals surface area (Å²) >= 11 is 0. The van der Waals surface area contributed by atoms with E-state index >= 15 is 0 Å². The zero-order chi connectivity index (χ0) is 17.6. The third kappa shape index (κ3) is 2.51. The van der Waals surface area contributed by atoms with Crippen LogP contribution in [0.1, 0.15) is 31.2 Å². The van der Waals surface area contributed by atoms with Gasteiger partial charge in [0.05, 0.1) is 16.8 Å². The van der Waals surface area contributed by atoms with Gasteiger partial charge in [0.15, 0.2) is 6.23 Å². The fourth-order valence-electron chi connectivity index (χ4n) is 3.33. The van der Waals surface area contributed by atoms with Crippen molar-refractivity contribution in [3.8, 4) is 11.1 Å². The number of nitrogens with one attached hydrogen (secondary N) is 1. The van der Waals surface area contributed by atoms with E-state index in [2.05, 4.69) is 16.8 Å². The molecule has 1 unspecified atom stereocenters. The van der Waals surface area contributed by atoms with Crippen LogP contribution in [0.3, 0.4) is 0 Å². The van der Waals surface area contributed by atoms with Gasteiger partial charge in [0.1, 0.15) is 5.82 Å². The van der Waals surface area contributed by atoms with Crippen LogP contribution in [0.5, 0.6) is 0 Å². The average molecular weight is 342 g/mol. The second-order valence-corrected chi connectivity index (χ2v) is 6.26. The summed E-state index contributed by atoms with van der Waals surface area (Å²) in [5, 5.41) is 8.08. The Kier molecular flexibility index (Phi) is 3.80. The molecule has 0 amide bonds. The molecule has 0 aliphatic carbocycles. The summed E-state index contributed by atoms with van der Waals surface area (Å²) in [5.74, 6) is -0.461. The van der Waals surface area contributed by atoms with Crippen LogP contribution >= 0.6 is 0 Å². The SMILES string of the molecule is C=Cc1nn(C2CCCCO2)c2cc(F)c(-c3c[nH]n(C)c3=O)cc12. The highest BCUT2D eigenvalue weighted by Crippen LogP contribution is 2.32. The maximum atomic E-state index is 14.8. The van der Waals surface area contributed by atoms with E-state index in [1.807, 2.05) is 0 Å². The molecule has 1 aliphatic heterocycles. The Morgan fingerprint density at radius 3 is 2.88 bits per heavy atom. The molecule has 0 spiro atoms. The molecule has 1 atom stereocenters. The first-order chi connectivity index (χ1) is 12.1. The molecule has 7 heteroatoms. The van der Waals surface area contributed by atoms with Crippen LogP contribution < -0.4 is 5.56 Å². The number of ether oxygens (including phenoxy) is 1. The van der Waals surface area contributed by atoms with Crippen molar-refractivity contribution < 1.29 is 9.13 Å². The zero-order valence-corrected chi connectivity index (χ0v) is 14.0. The molecule has 1 fully saturated rings. The molecule has 25 heavy (non-hydrogen) atoms. The molecule has 1 N–H and O–H groups in total. The number of H-pyrrole nitrogens is 1.